The third kappa shape index (κ3) is 3.81. The number of hydrogen-bond acceptors (Lipinski definition) is 7. The van der Waals surface area contributed by atoms with E-state index >= 15 is 0 Å². The number of esters is 1. The second kappa shape index (κ2) is 7.76. The van der Waals surface area contributed by atoms with E-state index in [0.717, 1.165) is 36.9 Å². The lowest BCUT2D eigenvalue weighted by Gasteiger charge is -2.45. The minimum absolute atomic E-state index is 0.171. The minimum Gasteiger partial charge on any atom is -0.466 e. The summed E-state index contributed by atoms with van der Waals surface area (Å²) in [6, 6.07) is 8.05. The molecular weight excluding hydrogens is 330 g/mol. The number of anilines is 1. The van der Waals surface area contributed by atoms with E-state index in [1.165, 1.54) is 6.42 Å². The molecule has 0 unspecified atom stereocenters. The topological polar surface area (TPSA) is 106 Å². The first kappa shape index (κ1) is 18.2. The fraction of sp³-hybridized carbons (Fsp3) is 0.526. The van der Waals surface area contributed by atoms with Gasteiger partial charge in [-0.05, 0) is 56.7 Å². The first-order valence-electron chi connectivity index (χ1n) is 9.28. The van der Waals surface area contributed by atoms with Gasteiger partial charge in [0.05, 0.1) is 6.61 Å². The molecule has 0 atom stereocenters. The molecule has 1 heterocycles. The Hall–Kier alpha value is -2.57. The van der Waals surface area contributed by atoms with Crippen molar-refractivity contribution >= 4 is 23.6 Å². The lowest BCUT2D eigenvalue weighted by atomic mass is 9.87. The lowest BCUT2D eigenvalue weighted by molar-refractivity contribution is -0.143. The van der Waals surface area contributed by atoms with Crippen LogP contribution in [0.3, 0.4) is 0 Å². The van der Waals surface area contributed by atoms with E-state index < -0.39 is 5.66 Å². The van der Waals surface area contributed by atoms with E-state index in [1.807, 2.05) is 36.1 Å². The zero-order chi connectivity index (χ0) is 18.6. The molecule has 7 nitrogen and oxygen atoms in total. The van der Waals surface area contributed by atoms with Crippen LogP contribution in [0, 0.1) is 0 Å². The molecule has 140 valence electrons. The molecule has 0 radical (unpaired) electrons. The molecule has 0 bridgehead atoms. The Kier molecular flexibility index (Phi) is 5.44. The SMILES string of the molecule is CCOC(=O)CCc1ccc(N2C(N)=NC(N)=NC23CCCCC3)cc1. The zero-order valence-electron chi connectivity index (χ0n) is 15.3. The van der Waals surface area contributed by atoms with Crippen LogP contribution in [0.2, 0.25) is 0 Å². The number of carbonyl (C=O) groups excluding carboxylic acids is 1. The van der Waals surface area contributed by atoms with Crippen molar-refractivity contribution < 1.29 is 9.53 Å². The van der Waals surface area contributed by atoms with Crippen molar-refractivity contribution in [3.63, 3.8) is 0 Å². The molecule has 1 aliphatic heterocycles. The van der Waals surface area contributed by atoms with Crippen LogP contribution >= 0.6 is 0 Å². The van der Waals surface area contributed by atoms with Crippen LogP contribution in [0.5, 0.6) is 0 Å². The quantitative estimate of drug-likeness (QED) is 0.786. The predicted octanol–water partition coefficient (Wildman–Crippen LogP) is 2.29. The number of rotatable bonds is 5. The van der Waals surface area contributed by atoms with Gasteiger partial charge in [0.1, 0.15) is 5.66 Å². The summed E-state index contributed by atoms with van der Waals surface area (Å²) in [6.07, 6.45) is 6.25. The maximum atomic E-state index is 11.5. The van der Waals surface area contributed by atoms with E-state index in [2.05, 4.69) is 9.98 Å². The largest absolute Gasteiger partial charge is 0.466 e. The summed E-state index contributed by atoms with van der Waals surface area (Å²) in [7, 11) is 0. The Morgan fingerprint density at radius 3 is 2.54 bits per heavy atom. The molecular formula is C19H27N5O2. The van der Waals surface area contributed by atoms with Crippen LogP contribution < -0.4 is 16.4 Å². The standard InChI is InChI=1S/C19H27N5O2/c1-2-26-16(25)11-8-14-6-9-15(10-7-14)24-18(21)22-17(20)23-19(24)12-4-3-5-13-19/h6-7,9-10H,2-5,8,11-13H2,1H3,(H4,20,21,22,23). The molecule has 1 aliphatic carbocycles. The maximum absolute atomic E-state index is 11.5. The predicted molar refractivity (Wildman–Crippen MR) is 103 cm³/mol. The van der Waals surface area contributed by atoms with Crippen molar-refractivity contribution in [2.75, 3.05) is 11.5 Å². The molecule has 26 heavy (non-hydrogen) atoms. The number of nitrogens with zero attached hydrogens (tertiary/aromatic N) is 3. The van der Waals surface area contributed by atoms with E-state index in [1.54, 1.807) is 0 Å². The summed E-state index contributed by atoms with van der Waals surface area (Å²) >= 11 is 0. The second-order valence-electron chi connectivity index (χ2n) is 6.79. The average molecular weight is 357 g/mol. The highest BCUT2D eigenvalue weighted by molar-refractivity contribution is 6.05. The van der Waals surface area contributed by atoms with E-state index in [4.69, 9.17) is 16.2 Å². The molecule has 1 aromatic rings. The normalized spacial score (nSPS) is 19.0. The highest BCUT2D eigenvalue weighted by Crippen LogP contribution is 2.39. The average Bonchev–Trinajstić information content (AvgIpc) is 2.61. The highest BCUT2D eigenvalue weighted by Gasteiger charge is 2.42. The van der Waals surface area contributed by atoms with Crippen LogP contribution in [0.1, 0.15) is 51.0 Å². The molecule has 4 N–H and O–H groups in total. The molecule has 0 saturated heterocycles. The number of hydrogen-bond donors (Lipinski definition) is 2. The number of aliphatic imine (C=N–C) groups is 2. The van der Waals surface area contributed by atoms with Gasteiger partial charge in [0.15, 0.2) is 0 Å². The summed E-state index contributed by atoms with van der Waals surface area (Å²) in [6.45, 7) is 2.23. The van der Waals surface area contributed by atoms with Crippen molar-refractivity contribution in [3.8, 4) is 0 Å². The number of nitrogens with two attached hydrogens (primary N) is 2. The van der Waals surface area contributed by atoms with Gasteiger partial charge < -0.3 is 16.2 Å². The van der Waals surface area contributed by atoms with E-state index in [-0.39, 0.29) is 11.9 Å². The molecule has 1 aromatic carbocycles. The molecule has 1 spiro atoms. The minimum atomic E-state index is -0.430. The van der Waals surface area contributed by atoms with Crippen molar-refractivity contribution in [3.05, 3.63) is 29.8 Å². The van der Waals surface area contributed by atoms with Gasteiger partial charge in [0, 0.05) is 12.1 Å². The second-order valence-corrected chi connectivity index (χ2v) is 6.79. The highest BCUT2D eigenvalue weighted by atomic mass is 16.5. The Bertz CT molecular complexity index is 705. The van der Waals surface area contributed by atoms with Gasteiger partial charge in [0.25, 0.3) is 0 Å². The Balaban J connectivity index is 1.78. The smallest absolute Gasteiger partial charge is 0.306 e. The number of benzene rings is 1. The Labute approximate surface area is 154 Å². The summed E-state index contributed by atoms with van der Waals surface area (Å²) in [4.78, 5) is 22.4. The molecule has 1 saturated carbocycles. The van der Waals surface area contributed by atoms with Crippen molar-refractivity contribution in [2.45, 2.75) is 57.5 Å². The first-order chi connectivity index (χ1) is 12.5. The van der Waals surface area contributed by atoms with Gasteiger partial charge in [-0.1, -0.05) is 18.6 Å². The van der Waals surface area contributed by atoms with Gasteiger partial charge in [0.2, 0.25) is 11.9 Å². The van der Waals surface area contributed by atoms with Crippen LogP contribution in [-0.4, -0.2) is 30.2 Å². The van der Waals surface area contributed by atoms with Crippen LogP contribution in [0.4, 0.5) is 5.69 Å². The third-order valence-electron chi connectivity index (χ3n) is 4.97. The number of aryl methyl sites for hydroxylation is 1. The Morgan fingerprint density at radius 2 is 1.88 bits per heavy atom. The number of ether oxygens (including phenoxy) is 1. The van der Waals surface area contributed by atoms with Crippen LogP contribution in [0.25, 0.3) is 0 Å². The molecule has 7 heteroatoms. The van der Waals surface area contributed by atoms with Crippen molar-refractivity contribution in [1.82, 2.24) is 0 Å². The van der Waals surface area contributed by atoms with Crippen LogP contribution in [-0.2, 0) is 16.0 Å². The lowest BCUT2D eigenvalue weighted by Crippen LogP contribution is -2.58. The van der Waals surface area contributed by atoms with E-state index in [9.17, 15) is 4.79 Å². The third-order valence-corrected chi connectivity index (χ3v) is 4.97. The van der Waals surface area contributed by atoms with Gasteiger partial charge in [-0.25, -0.2) is 4.99 Å². The fourth-order valence-corrected chi connectivity index (χ4v) is 3.79. The number of carbonyl (C=O) groups is 1. The molecule has 0 amide bonds. The molecule has 2 aliphatic rings. The van der Waals surface area contributed by atoms with Crippen LogP contribution in [0.15, 0.2) is 34.3 Å². The monoisotopic (exact) mass is 357 g/mol. The summed E-state index contributed by atoms with van der Waals surface area (Å²) in [5, 5.41) is 0. The number of guanidine groups is 2. The maximum Gasteiger partial charge on any atom is 0.306 e. The van der Waals surface area contributed by atoms with Gasteiger partial charge in [-0.15, -0.1) is 0 Å². The van der Waals surface area contributed by atoms with Gasteiger partial charge in [-0.3, -0.25) is 9.69 Å². The summed E-state index contributed by atoms with van der Waals surface area (Å²) < 4.78 is 4.98. The molecule has 3 rings (SSSR count). The molecule has 1 fully saturated rings. The summed E-state index contributed by atoms with van der Waals surface area (Å²) in [5.74, 6) is 0.473. The fourth-order valence-electron chi connectivity index (χ4n) is 3.79. The summed E-state index contributed by atoms with van der Waals surface area (Å²) in [5.41, 5.74) is 13.7. The zero-order valence-corrected chi connectivity index (χ0v) is 15.3. The van der Waals surface area contributed by atoms with Crippen molar-refractivity contribution in [1.29, 1.82) is 0 Å². The first-order valence-corrected chi connectivity index (χ1v) is 9.28. The van der Waals surface area contributed by atoms with E-state index in [0.29, 0.717) is 25.4 Å². The van der Waals surface area contributed by atoms with Crippen molar-refractivity contribution in [2.24, 2.45) is 21.5 Å². The van der Waals surface area contributed by atoms with Gasteiger partial charge in [-0.2, -0.15) is 4.99 Å². The molecule has 0 aromatic heterocycles. The Morgan fingerprint density at radius 1 is 1.19 bits per heavy atom. The van der Waals surface area contributed by atoms with Gasteiger partial charge >= 0.3 is 5.97 Å².